The number of hydrogen-bond donors (Lipinski definition) is 3. The van der Waals surface area contributed by atoms with Gasteiger partial charge in [-0.15, -0.1) is 0 Å². The first-order valence-electron chi connectivity index (χ1n) is 9.29. The van der Waals surface area contributed by atoms with Gasteiger partial charge in [-0.1, -0.05) is 23.2 Å². The van der Waals surface area contributed by atoms with Crippen LogP contribution in [0.5, 0.6) is 0 Å². The topological polar surface area (TPSA) is 69.8 Å². The monoisotopic (exact) mass is 516 g/mol. The number of nitrogens with zero attached hydrogens (tertiary/aromatic N) is 1. The number of urea groups is 1. The molecule has 5 nitrogen and oxygen atoms in total. The van der Waals surface area contributed by atoms with Gasteiger partial charge in [-0.2, -0.15) is 0 Å². The molecule has 30 heavy (non-hydrogen) atoms. The molecule has 1 aromatic carbocycles. The number of alkyl halides is 2. The van der Waals surface area contributed by atoms with Crippen LogP contribution in [0.1, 0.15) is 37.3 Å². The summed E-state index contributed by atoms with van der Waals surface area (Å²) >= 11 is 15.8. The van der Waals surface area contributed by atoms with E-state index in [9.17, 15) is 13.6 Å². The number of fused-ring (bicyclic) bond motifs is 1. The van der Waals surface area contributed by atoms with Crippen LogP contribution in [-0.2, 0) is 0 Å². The van der Waals surface area contributed by atoms with Crippen molar-refractivity contribution in [1.29, 1.82) is 0 Å². The highest BCUT2D eigenvalue weighted by molar-refractivity contribution is 9.10. The zero-order valence-electron chi connectivity index (χ0n) is 15.5. The van der Waals surface area contributed by atoms with Crippen molar-refractivity contribution in [2.75, 3.05) is 10.6 Å². The van der Waals surface area contributed by atoms with Crippen LogP contribution in [0.3, 0.4) is 0 Å². The lowest BCUT2D eigenvalue weighted by molar-refractivity contribution is -0.0384. The van der Waals surface area contributed by atoms with Gasteiger partial charge < -0.3 is 15.6 Å². The summed E-state index contributed by atoms with van der Waals surface area (Å²) in [4.78, 5) is 19.8. The molecule has 1 saturated carbocycles. The molecule has 2 amide bonds. The first kappa shape index (κ1) is 21.3. The van der Waals surface area contributed by atoms with Crippen LogP contribution in [0.15, 0.2) is 35.1 Å². The normalized spacial score (nSPS) is 16.6. The van der Waals surface area contributed by atoms with Crippen molar-refractivity contribution < 1.29 is 13.6 Å². The van der Waals surface area contributed by atoms with Crippen molar-refractivity contribution in [3.8, 4) is 0 Å². The van der Waals surface area contributed by atoms with E-state index in [2.05, 4.69) is 36.5 Å². The Balaban J connectivity index is 1.45. The highest BCUT2D eigenvalue weighted by atomic mass is 79.9. The molecular formula is C20H17BrCl2F2N4O. The minimum Gasteiger partial charge on any atom is -0.358 e. The highest BCUT2D eigenvalue weighted by Crippen LogP contribution is 2.42. The number of nitrogens with one attached hydrogen (secondary N) is 3. The van der Waals surface area contributed by atoms with Crippen molar-refractivity contribution in [3.63, 3.8) is 0 Å². The third-order valence-electron chi connectivity index (χ3n) is 5.19. The minimum absolute atomic E-state index is 0.102. The van der Waals surface area contributed by atoms with Gasteiger partial charge in [0.15, 0.2) is 0 Å². The van der Waals surface area contributed by atoms with Gasteiger partial charge in [0.2, 0.25) is 5.92 Å². The van der Waals surface area contributed by atoms with E-state index in [4.69, 9.17) is 23.2 Å². The van der Waals surface area contributed by atoms with Gasteiger partial charge in [0.05, 0.1) is 33.8 Å². The maximum absolute atomic E-state index is 13.4. The Bertz CT molecular complexity index is 1110. The molecule has 0 aliphatic heterocycles. The van der Waals surface area contributed by atoms with Crippen molar-refractivity contribution in [2.45, 2.75) is 37.5 Å². The van der Waals surface area contributed by atoms with E-state index < -0.39 is 12.0 Å². The fourth-order valence-corrected chi connectivity index (χ4v) is 4.92. The zero-order chi connectivity index (χ0) is 21.5. The molecule has 0 spiro atoms. The van der Waals surface area contributed by atoms with Gasteiger partial charge >= 0.3 is 6.03 Å². The second kappa shape index (κ2) is 8.32. The van der Waals surface area contributed by atoms with Crippen LogP contribution in [0.2, 0.25) is 10.0 Å². The Kier molecular flexibility index (Phi) is 5.92. The van der Waals surface area contributed by atoms with Crippen LogP contribution in [0.25, 0.3) is 10.9 Å². The molecule has 3 N–H and O–H groups in total. The molecule has 0 saturated heterocycles. The quantitative estimate of drug-likeness (QED) is 0.335. The smallest absolute Gasteiger partial charge is 0.323 e. The number of aromatic amines is 1. The van der Waals surface area contributed by atoms with Gasteiger partial charge in [0, 0.05) is 39.8 Å². The Labute approximate surface area is 189 Å². The molecule has 0 unspecified atom stereocenters. The summed E-state index contributed by atoms with van der Waals surface area (Å²) in [6.45, 7) is 0. The first-order valence-corrected chi connectivity index (χ1v) is 10.8. The number of halogens is 5. The maximum atomic E-state index is 13.4. The third-order valence-corrected chi connectivity index (χ3v) is 6.33. The SMILES string of the molecule is O=C(Nc1cnc(C2CCC(F)(F)CC2)c(Cl)c1)Nc1c[nH]c2c(Br)cc(Cl)cc12. The average molecular weight is 518 g/mol. The van der Waals surface area contributed by atoms with Crippen LogP contribution in [0.4, 0.5) is 25.0 Å². The van der Waals surface area contributed by atoms with E-state index in [1.807, 2.05) is 0 Å². The van der Waals surface area contributed by atoms with E-state index in [0.717, 1.165) is 15.4 Å². The second-order valence-corrected chi connectivity index (χ2v) is 9.01. The van der Waals surface area contributed by atoms with E-state index in [1.165, 1.54) is 6.20 Å². The number of benzene rings is 1. The summed E-state index contributed by atoms with van der Waals surface area (Å²) in [6.07, 6.45) is 3.50. The molecule has 0 atom stereocenters. The number of hydrogen-bond acceptors (Lipinski definition) is 2. The number of H-pyrrole nitrogens is 1. The summed E-state index contributed by atoms with van der Waals surface area (Å²) in [5.74, 6) is -2.71. The van der Waals surface area contributed by atoms with Gasteiger partial charge in [-0.05, 0) is 47.0 Å². The molecular weight excluding hydrogens is 501 g/mol. The van der Waals surface area contributed by atoms with E-state index in [-0.39, 0.29) is 18.8 Å². The largest absolute Gasteiger partial charge is 0.358 e. The van der Waals surface area contributed by atoms with Crippen molar-refractivity contribution in [1.82, 2.24) is 9.97 Å². The van der Waals surface area contributed by atoms with E-state index >= 15 is 0 Å². The lowest BCUT2D eigenvalue weighted by atomic mass is 9.84. The van der Waals surface area contributed by atoms with Crippen molar-refractivity contribution >= 4 is 67.4 Å². The van der Waals surface area contributed by atoms with Gasteiger partial charge in [-0.3, -0.25) is 4.98 Å². The summed E-state index contributed by atoms with van der Waals surface area (Å²) < 4.78 is 27.5. The Hall–Kier alpha value is -1.90. The highest BCUT2D eigenvalue weighted by Gasteiger charge is 2.36. The fourth-order valence-electron chi connectivity index (χ4n) is 3.67. The first-order chi connectivity index (χ1) is 14.2. The van der Waals surface area contributed by atoms with Crippen molar-refractivity contribution in [3.05, 3.63) is 50.8 Å². The van der Waals surface area contributed by atoms with Crippen LogP contribution < -0.4 is 10.6 Å². The lowest BCUT2D eigenvalue weighted by Gasteiger charge is -2.28. The zero-order valence-corrected chi connectivity index (χ0v) is 18.6. The predicted octanol–water partition coefficient (Wildman–Crippen LogP) is 7.57. The number of rotatable bonds is 3. The van der Waals surface area contributed by atoms with Crippen molar-refractivity contribution in [2.24, 2.45) is 0 Å². The predicted molar refractivity (Wildman–Crippen MR) is 119 cm³/mol. The Morgan fingerprint density at radius 1 is 1.20 bits per heavy atom. The maximum Gasteiger partial charge on any atom is 0.323 e. The lowest BCUT2D eigenvalue weighted by Crippen LogP contribution is -2.24. The molecule has 2 aromatic heterocycles. The Morgan fingerprint density at radius 2 is 1.93 bits per heavy atom. The molecule has 10 heteroatoms. The summed E-state index contributed by atoms with van der Waals surface area (Å²) in [5, 5.41) is 7.08. The molecule has 1 aliphatic carbocycles. The number of pyridine rings is 1. The van der Waals surface area contributed by atoms with Crippen LogP contribution >= 0.6 is 39.1 Å². The van der Waals surface area contributed by atoms with E-state index in [1.54, 1.807) is 24.4 Å². The Morgan fingerprint density at radius 3 is 2.63 bits per heavy atom. The molecule has 0 bridgehead atoms. The second-order valence-electron chi connectivity index (χ2n) is 7.31. The molecule has 1 aliphatic rings. The molecule has 158 valence electrons. The third kappa shape index (κ3) is 4.55. The van der Waals surface area contributed by atoms with Crippen LogP contribution in [0, 0.1) is 0 Å². The molecule has 0 radical (unpaired) electrons. The number of anilines is 2. The minimum atomic E-state index is -2.61. The van der Waals surface area contributed by atoms with E-state index in [0.29, 0.717) is 40.0 Å². The van der Waals surface area contributed by atoms with Gasteiger partial charge in [0.1, 0.15) is 0 Å². The fraction of sp³-hybridized carbons (Fsp3) is 0.300. The number of amides is 2. The molecule has 2 heterocycles. The standard InChI is InChI=1S/C20H17BrCl2F2N4O/c21-14-6-11(22)5-13-16(9-27-18(13)14)29-19(30)28-12-7-15(23)17(26-8-12)10-1-3-20(24,25)4-2-10/h5-10,27H,1-4H2,(H2,28,29,30). The average Bonchev–Trinajstić information content (AvgIpc) is 3.05. The van der Waals surface area contributed by atoms with Crippen LogP contribution in [-0.4, -0.2) is 21.9 Å². The summed E-state index contributed by atoms with van der Waals surface area (Å²) in [6, 6.07) is 4.61. The number of aromatic nitrogens is 2. The number of carbonyl (C=O) groups is 1. The molecule has 3 aromatic rings. The molecule has 4 rings (SSSR count). The van der Waals surface area contributed by atoms with Gasteiger partial charge in [0.25, 0.3) is 0 Å². The summed E-state index contributed by atoms with van der Waals surface area (Å²) in [5.41, 5.74) is 2.36. The molecule has 1 fully saturated rings. The summed E-state index contributed by atoms with van der Waals surface area (Å²) in [7, 11) is 0. The van der Waals surface area contributed by atoms with Gasteiger partial charge in [-0.25, -0.2) is 13.6 Å². The number of carbonyl (C=O) groups excluding carboxylic acids is 1.